The van der Waals surface area contributed by atoms with E-state index in [9.17, 15) is 0 Å². The molecule has 1 heterocycles. The van der Waals surface area contributed by atoms with E-state index in [0.29, 0.717) is 0 Å². The molecular weight excluding hydrogens is 200 g/mol. The largest absolute Gasteiger partial charge is 0.392 e. The second-order valence-electron chi connectivity index (χ2n) is 4.36. The van der Waals surface area contributed by atoms with Gasteiger partial charge >= 0.3 is 0 Å². The van der Waals surface area contributed by atoms with Crippen LogP contribution in [0.1, 0.15) is 30.4 Å². The number of nitrogens with one attached hydrogen (secondary N) is 1. The molecule has 1 aromatic carbocycles. The van der Waals surface area contributed by atoms with Gasteiger partial charge in [-0.15, -0.1) is 0 Å². The van der Waals surface area contributed by atoms with E-state index < -0.39 is 0 Å². The molecule has 0 bridgehead atoms. The second-order valence-corrected chi connectivity index (χ2v) is 4.36. The number of piperidine rings is 1. The Morgan fingerprint density at radius 2 is 1.62 bits per heavy atom. The van der Waals surface area contributed by atoms with E-state index in [2.05, 4.69) is 22.6 Å². The monoisotopic (exact) mass is 220 g/mol. The smallest absolute Gasteiger partial charge is 0.0681 e. The zero-order valence-corrected chi connectivity index (χ0v) is 9.65. The third kappa shape index (κ3) is 3.30. The summed E-state index contributed by atoms with van der Waals surface area (Å²) in [6.07, 6.45) is 3.97. The molecule has 16 heavy (non-hydrogen) atoms. The van der Waals surface area contributed by atoms with Crippen molar-refractivity contribution in [2.45, 2.75) is 32.4 Å². The first-order valence-corrected chi connectivity index (χ1v) is 6.05. The molecule has 0 aromatic heterocycles. The maximum Gasteiger partial charge on any atom is 0.0681 e. The van der Waals surface area contributed by atoms with E-state index in [1.54, 1.807) is 0 Å². The maximum absolute atomic E-state index is 8.94. The van der Waals surface area contributed by atoms with Crippen LogP contribution in [-0.2, 0) is 13.2 Å². The van der Waals surface area contributed by atoms with Crippen molar-refractivity contribution in [2.24, 2.45) is 0 Å². The lowest BCUT2D eigenvalue weighted by molar-refractivity contribution is 0.151. The minimum absolute atomic E-state index is 0.125. The van der Waals surface area contributed by atoms with Gasteiger partial charge in [0.2, 0.25) is 0 Å². The summed E-state index contributed by atoms with van der Waals surface area (Å²) in [5.74, 6) is 0. The van der Waals surface area contributed by atoms with Crippen LogP contribution in [0.5, 0.6) is 0 Å². The Labute approximate surface area is 97.1 Å². The summed E-state index contributed by atoms with van der Waals surface area (Å²) in [4.78, 5) is 0. The van der Waals surface area contributed by atoms with Gasteiger partial charge in [-0.1, -0.05) is 30.7 Å². The molecular formula is C13H20N2O. The number of hydrazine groups is 1. The van der Waals surface area contributed by atoms with Gasteiger partial charge in [0.05, 0.1) is 6.61 Å². The SMILES string of the molecule is OCc1ccc(CNN2CCCCC2)cc1. The summed E-state index contributed by atoms with van der Waals surface area (Å²) in [6.45, 7) is 3.33. The van der Waals surface area contributed by atoms with Crippen molar-refractivity contribution in [3.05, 3.63) is 35.4 Å². The fourth-order valence-electron chi connectivity index (χ4n) is 2.02. The normalized spacial score (nSPS) is 17.6. The minimum atomic E-state index is 0.125. The molecule has 1 fully saturated rings. The number of benzene rings is 1. The minimum Gasteiger partial charge on any atom is -0.392 e. The number of nitrogens with zero attached hydrogens (tertiary/aromatic N) is 1. The lowest BCUT2D eigenvalue weighted by Gasteiger charge is -2.27. The van der Waals surface area contributed by atoms with Crippen LogP contribution in [0, 0.1) is 0 Å². The Hall–Kier alpha value is -0.900. The van der Waals surface area contributed by atoms with Crippen LogP contribution in [0.15, 0.2) is 24.3 Å². The summed E-state index contributed by atoms with van der Waals surface area (Å²) < 4.78 is 0. The summed E-state index contributed by atoms with van der Waals surface area (Å²) in [5.41, 5.74) is 5.69. The summed E-state index contributed by atoms with van der Waals surface area (Å²) in [7, 11) is 0. The molecule has 88 valence electrons. The molecule has 0 saturated carbocycles. The summed E-state index contributed by atoms with van der Waals surface area (Å²) in [6, 6.07) is 8.10. The van der Waals surface area contributed by atoms with E-state index >= 15 is 0 Å². The van der Waals surface area contributed by atoms with Crippen LogP contribution < -0.4 is 5.43 Å². The van der Waals surface area contributed by atoms with Gasteiger partial charge in [0, 0.05) is 19.6 Å². The molecule has 1 aliphatic rings. The summed E-state index contributed by atoms with van der Waals surface area (Å²) >= 11 is 0. The third-order valence-electron chi connectivity index (χ3n) is 3.07. The first-order chi connectivity index (χ1) is 7.88. The highest BCUT2D eigenvalue weighted by molar-refractivity contribution is 5.21. The summed E-state index contributed by atoms with van der Waals surface area (Å²) in [5, 5.41) is 11.2. The Morgan fingerprint density at radius 1 is 1.00 bits per heavy atom. The van der Waals surface area contributed by atoms with Gasteiger partial charge in [0.15, 0.2) is 0 Å². The van der Waals surface area contributed by atoms with E-state index in [-0.39, 0.29) is 6.61 Å². The Morgan fingerprint density at radius 3 is 2.25 bits per heavy atom. The van der Waals surface area contributed by atoms with Gasteiger partial charge in [0.1, 0.15) is 0 Å². The lowest BCUT2D eigenvalue weighted by Crippen LogP contribution is -2.41. The molecule has 1 aromatic rings. The highest BCUT2D eigenvalue weighted by Gasteiger charge is 2.08. The van der Waals surface area contributed by atoms with E-state index in [4.69, 9.17) is 5.11 Å². The quantitative estimate of drug-likeness (QED) is 0.810. The number of hydrogen-bond donors (Lipinski definition) is 2. The third-order valence-corrected chi connectivity index (χ3v) is 3.07. The molecule has 3 nitrogen and oxygen atoms in total. The Bertz CT molecular complexity index is 304. The number of hydrogen-bond acceptors (Lipinski definition) is 3. The van der Waals surface area contributed by atoms with Crippen molar-refractivity contribution in [1.82, 2.24) is 10.4 Å². The fourth-order valence-corrected chi connectivity index (χ4v) is 2.02. The topological polar surface area (TPSA) is 35.5 Å². The number of rotatable bonds is 4. The standard InChI is InChI=1S/C13H20N2O/c16-11-13-6-4-12(5-7-13)10-14-15-8-2-1-3-9-15/h4-7,14,16H,1-3,8-11H2. The Balaban J connectivity index is 1.79. The van der Waals surface area contributed by atoms with Gasteiger partial charge in [-0.2, -0.15) is 0 Å². The van der Waals surface area contributed by atoms with Gasteiger partial charge < -0.3 is 5.11 Å². The molecule has 2 rings (SSSR count). The predicted molar refractivity (Wildman–Crippen MR) is 64.6 cm³/mol. The zero-order valence-electron chi connectivity index (χ0n) is 9.65. The molecule has 0 atom stereocenters. The van der Waals surface area contributed by atoms with Crippen LogP contribution >= 0.6 is 0 Å². The lowest BCUT2D eigenvalue weighted by atomic mass is 10.1. The van der Waals surface area contributed by atoms with Gasteiger partial charge in [0.25, 0.3) is 0 Å². The maximum atomic E-state index is 8.94. The van der Waals surface area contributed by atoms with Crippen molar-refractivity contribution in [3.63, 3.8) is 0 Å². The zero-order chi connectivity index (χ0) is 11.2. The number of aliphatic hydroxyl groups excluding tert-OH is 1. The van der Waals surface area contributed by atoms with Gasteiger partial charge in [-0.3, -0.25) is 5.43 Å². The second kappa shape index (κ2) is 5.99. The molecule has 1 aliphatic heterocycles. The number of aliphatic hydroxyl groups is 1. The van der Waals surface area contributed by atoms with E-state index in [0.717, 1.165) is 25.2 Å². The van der Waals surface area contributed by atoms with E-state index in [1.165, 1.54) is 24.8 Å². The van der Waals surface area contributed by atoms with Crippen molar-refractivity contribution in [3.8, 4) is 0 Å². The van der Waals surface area contributed by atoms with Gasteiger partial charge in [-0.05, 0) is 24.0 Å². The van der Waals surface area contributed by atoms with Gasteiger partial charge in [-0.25, -0.2) is 5.01 Å². The van der Waals surface area contributed by atoms with Crippen LogP contribution in [0.25, 0.3) is 0 Å². The Kier molecular flexibility index (Phi) is 4.34. The fraction of sp³-hybridized carbons (Fsp3) is 0.538. The van der Waals surface area contributed by atoms with Crippen LogP contribution in [0.2, 0.25) is 0 Å². The van der Waals surface area contributed by atoms with E-state index in [1.807, 2.05) is 12.1 Å². The molecule has 1 saturated heterocycles. The molecule has 0 aliphatic carbocycles. The van der Waals surface area contributed by atoms with Crippen LogP contribution in [-0.4, -0.2) is 23.2 Å². The van der Waals surface area contributed by atoms with Crippen molar-refractivity contribution in [1.29, 1.82) is 0 Å². The predicted octanol–water partition coefficient (Wildman–Crippen LogP) is 1.67. The average Bonchev–Trinajstić information content (AvgIpc) is 2.38. The van der Waals surface area contributed by atoms with Crippen molar-refractivity contribution in [2.75, 3.05) is 13.1 Å². The van der Waals surface area contributed by atoms with Crippen LogP contribution in [0.4, 0.5) is 0 Å². The molecule has 0 amide bonds. The highest BCUT2D eigenvalue weighted by atomic mass is 16.3. The van der Waals surface area contributed by atoms with Crippen molar-refractivity contribution < 1.29 is 5.11 Å². The molecule has 3 heteroatoms. The first kappa shape index (κ1) is 11.6. The molecule has 0 radical (unpaired) electrons. The average molecular weight is 220 g/mol. The highest BCUT2D eigenvalue weighted by Crippen LogP contribution is 2.08. The first-order valence-electron chi connectivity index (χ1n) is 6.05. The van der Waals surface area contributed by atoms with Crippen molar-refractivity contribution >= 4 is 0 Å². The molecule has 2 N–H and O–H groups in total. The molecule has 0 unspecified atom stereocenters. The molecule has 0 spiro atoms. The van der Waals surface area contributed by atoms with Crippen LogP contribution in [0.3, 0.4) is 0 Å².